The van der Waals surface area contributed by atoms with E-state index in [9.17, 15) is 5.11 Å². The Labute approximate surface area is 93.9 Å². The highest BCUT2D eigenvalue weighted by Crippen LogP contribution is 2.24. The van der Waals surface area contributed by atoms with Gasteiger partial charge >= 0.3 is 0 Å². The maximum absolute atomic E-state index is 9.27. The molecule has 1 aromatic carbocycles. The Morgan fingerprint density at radius 2 is 2.13 bits per heavy atom. The van der Waals surface area contributed by atoms with E-state index in [0.717, 1.165) is 0 Å². The molecule has 0 saturated carbocycles. The Kier molecular flexibility index (Phi) is 3.96. The van der Waals surface area contributed by atoms with Crippen molar-refractivity contribution >= 4 is 11.6 Å². The van der Waals surface area contributed by atoms with Gasteiger partial charge in [-0.1, -0.05) is 11.6 Å². The minimum absolute atomic E-state index is 0.379. The van der Waals surface area contributed by atoms with Crippen LogP contribution in [0, 0.1) is 11.3 Å². The van der Waals surface area contributed by atoms with Crippen LogP contribution >= 0.6 is 11.6 Å². The minimum atomic E-state index is -0.601. The predicted octanol–water partition coefficient (Wildman–Crippen LogP) is 2.36. The van der Waals surface area contributed by atoms with Gasteiger partial charge in [-0.05, 0) is 26.0 Å². The summed E-state index contributed by atoms with van der Waals surface area (Å²) in [4.78, 5) is 0. The molecule has 0 aliphatic carbocycles. The van der Waals surface area contributed by atoms with Crippen molar-refractivity contribution in [2.24, 2.45) is 0 Å². The molecule has 0 radical (unpaired) electrons. The lowest BCUT2D eigenvalue weighted by atomic mass is 10.2. The number of halogens is 1. The van der Waals surface area contributed by atoms with Crippen LogP contribution in [-0.2, 0) is 0 Å². The smallest absolute Gasteiger partial charge is 0.139 e. The lowest BCUT2D eigenvalue weighted by Gasteiger charge is -2.18. The van der Waals surface area contributed by atoms with Gasteiger partial charge in [0.05, 0.1) is 11.7 Å². The molecule has 0 aliphatic rings. The molecule has 1 rings (SSSR count). The van der Waals surface area contributed by atoms with Gasteiger partial charge in [-0.2, -0.15) is 5.26 Å². The minimum Gasteiger partial charge on any atom is -0.487 e. The number of aliphatic hydroxyl groups excluding tert-OH is 1. The van der Waals surface area contributed by atoms with Gasteiger partial charge in [0.25, 0.3) is 0 Å². The van der Waals surface area contributed by atoms with Crippen molar-refractivity contribution in [2.45, 2.75) is 26.1 Å². The fourth-order valence-electron chi connectivity index (χ4n) is 0.985. The van der Waals surface area contributed by atoms with Crippen LogP contribution in [0.5, 0.6) is 5.75 Å². The molecule has 0 fully saturated rings. The van der Waals surface area contributed by atoms with E-state index in [1.54, 1.807) is 32.0 Å². The van der Waals surface area contributed by atoms with Crippen LogP contribution in [0.2, 0.25) is 5.02 Å². The molecule has 0 aliphatic heterocycles. The van der Waals surface area contributed by atoms with E-state index in [0.29, 0.717) is 16.3 Å². The van der Waals surface area contributed by atoms with Crippen molar-refractivity contribution in [1.82, 2.24) is 0 Å². The van der Waals surface area contributed by atoms with Crippen molar-refractivity contribution in [3.8, 4) is 11.8 Å². The fraction of sp³-hybridized carbons (Fsp3) is 0.364. The van der Waals surface area contributed by atoms with E-state index in [-0.39, 0.29) is 6.10 Å². The lowest BCUT2D eigenvalue weighted by Crippen LogP contribution is -2.25. The SMILES string of the molecule is CC(O)C(C)Oc1cc(Cl)ccc1C#N. The summed E-state index contributed by atoms with van der Waals surface area (Å²) in [6, 6.07) is 6.78. The molecule has 1 N–H and O–H groups in total. The summed E-state index contributed by atoms with van der Waals surface area (Å²) in [5.74, 6) is 0.401. The Hall–Kier alpha value is -1.24. The molecule has 1 aromatic rings. The number of hydrogen-bond acceptors (Lipinski definition) is 3. The first-order valence-electron chi connectivity index (χ1n) is 4.59. The lowest BCUT2D eigenvalue weighted by molar-refractivity contribution is 0.0603. The summed E-state index contributed by atoms with van der Waals surface area (Å²) >= 11 is 5.78. The van der Waals surface area contributed by atoms with Crippen LogP contribution in [0.3, 0.4) is 0 Å². The van der Waals surface area contributed by atoms with Crippen molar-refractivity contribution in [3.63, 3.8) is 0 Å². The van der Waals surface area contributed by atoms with Gasteiger partial charge in [0.1, 0.15) is 17.9 Å². The molecule has 2 atom stereocenters. The van der Waals surface area contributed by atoms with Gasteiger partial charge in [0.15, 0.2) is 0 Å². The van der Waals surface area contributed by atoms with Crippen molar-refractivity contribution < 1.29 is 9.84 Å². The third-order valence-corrected chi connectivity index (χ3v) is 2.29. The Morgan fingerprint density at radius 1 is 1.47 bits per heavy atom. The Balaban J connectivity index is 2.93. The number of ether oxygens (including phenoxy) is 1. The van der Waals surface area contributed by atoms with Crippen LogP contribution in [-0.4, -0.2) is 17.3 Å². The summed E-state index contributed by atoms with van der Waals surface area (Å²) in [6.45, 7) is 3.36. The Morgan fingerprint density at radius 3 is 2.67 bits per heavy atom. The zero-order valence-corrected chi connectivity index (χ0v) is 9.32. The predicted molar refractivity (Wildman–Crippen MR) is 57.9 cm³/mol. The zero-order chi connectivity index (χ0) is 11.4. The van der Waals surface area contributed by atoms with Gasteiger partial charge in [0.2, 0.25) is 0 Å². The fourth-order valence-corrected chi connectivity index (χ4v) is 1.15. The first-order chi connectivity index (χ1) is 7.04. The van der Waals surface area contributed by atoms with Crippen LogP contribution in [0.4, 0.5) is 0 Å². The first-order valence-corrected chi connectivity index (χ1v) is 4.96. The van der Waals surface area contributed by atoms with Gasteiger partial charge in [0, 0.05) is 11.1 Å². The molecule has 0 spiro atoms. The van der Waals surface area contributed by atoms with Crippen LogP contribution in [0.1, 0.15) is 19.4 Å². The molecule has 15 heavy (non-hydrogen) atoms. The number of nitriles is 1. The molecule has 0 aromatic heterocycles. The second kappa shape index (κ2) is 5.01. The molecule has 2 unspecified atom stereocenters. The number of rotatable bonds is 3. The zero-order valence-electron chi connectivity index (χ0n) is 8.57. The normalized spacial score (nSPS) is 14.1. The topological polar surface area (TPSA) is 53.2 Å². The summed E-state index contributed by atoms with van der Waals surface area (Å²) in [7, 11) is 0. The average molecular weight is 226 g/mol. The molecule has 4 heteroatoms. The standard InChI is InChI=1S/C11H12ClNO2/c1-7(14)8(2)15-11-5-10(12)4-3-9(11)6-13/h3-5,7-8,14H,1-2H3. The van der Waals surface area contributed by atoms with Gasteiger partial charge < -0.3 is 9.84 Å². The van der Waals surface area contributed by atoms with E-state index < -0.39 is 6.10 Å². The van der Waals surface area contributed by atoms with Gasteiger partial charge in [-0.25, -0.2) is 0 Å². The highest BCUT2D eigenvalue weighted by atomic mass is 35.5. The Bertz CT molecular complexity index is 385. The maximum Gasteiger partial charge on any atom is 0.139 e. The molecule has 80 valence electrons. The number of benzene rings is 1. The summed E-state index contributed by atoms with van der Waals surface area (Å²) < 4.78 is 5.42. The van der Waals surface area contributed by atoms with E-state index >= 15 is 0 Å². The van der Waals surface area contributed by atoms with E-state index in [2.05, 4.69) is 0 Å². The average Bonchev–Trinajstić information content (AvgIpc) is 2.18. The first kappa shape index (κ1) is 11.8. The molecule has 3 nitrogen and oxygen atoms in total. The highest BCUT2D eigenvalue weighted by molar-refractivity contribution is 6.30. The monoisotopic (exact) mass is 225 g/mol. The van der Waals surface area contributed by atoms with Crippen LogP contribution in [0.25, 0.3) is 0 Å². The largest absolute Gasteiger partial charge is 0.487 e. The van der Waals surface area contributed by atoms with Crippen molar-refractivity contribution in [1.29, 1.82) is 5.26 Å². The highest BCUT2D eigenvalue weighted by Gasteiger charge is 2.13. The summed E-state index contributed by atoms with van der Waals surface area (Å²) in [5, 5.41) is 18.6. The maximum atomic E-state index is 9.27. The molecule has 0 amide bonds. The molecule has 0 saturated heterocycles. The second-order valence-corrected chi connectivity index (χ2v) is 3.75. The van der Waals surface area contributed by atoms with Crippen LogP contribution in [0.15, 0.2) is 18.2 Å². The molecular weight excluding hydrogens is 214 g/mol. The van der Waals surface area contributed by atoms with E-state index in [1.165, 1.54) is 0 Å². The van der Waals surface area contributed by atoms with E-state index in [4.69, 9.17) is 21.6 Å². The number of hydrogen-bond donors (Lipinski definition) is 1. The van der Waals surface area contributed by atoms with Gasteiger partial charge in [-0.3, -0.25) is 0 Å². The van der Waals surface area contributed by atoms with Gasteiger partial charge in [-0.15, -0.1) is 0 Å². The number of nitrogens with zero attached hydrogens (tertiary/aromatic N) is 1. The molecule has 0 heterocycles. The summed E-state index contributed by atoms with van der Waals surface area (Å²) in [6.07, 6.45) is -0.980. The molecule has 0 bridgehead atoms. The van der Waals surface area contributed by atoms with Crippen molar-refractivity contribution in [3.05, 3.63) is 28.8 Å². The molecular formula is C11H12ClNO2. The number of aliphatic hydroxyl groups is 1. The third kappa shape index (κ3) is 3.12. The second-order valence-electron chi connectivity index (χ2n) is 3.32. The van der Waals surface area contributed by atoms with E-state index in [1.807, 2.05) is 6.07 Å². The summed E-state index contributed by atoms with van der Waals surface area (Å²) in [5.41, 5.74) is 0.409. The quantitative estimate of drug-likeness (QED) is 0.859. The third-order valence-electron chi connectivity index (χ3n) is 2.06. The van der Waals surface area contributed by atoms with Crippen LogP contribution < -0.4 is 4.74 Å². The van der Waals surface area contributed by atoms with Crippen molar-refractivity contribution in [2.75, 3.05) is 0 Å².